The lowest BCUT2D eigenvalue weighted by atomic mass is 10.1. The molecule has 0 saturated heterocycles. The Kier molecular flexibility index (Phi) is 5.45. The zero-order valence-corrected chi connectivity index (χ0v) is 13.8. The van der Waals surface area contributed by atoms with Crippen molar-refractivity contribution in [2.24, 2.45) is 0 Å². The van der Waals surface area contributed by atoms with E-state index in [-0.39, 0.29) is 18.6 Å². The third-order valence-corrected chi connectivity index (χ3v) is 3.72. The summed E-state index contributed by atoms with van der Waals surface area (Å²) in [5.74, 6) is 0.614. The predicted octanol–water partition coefficient (Wildman–Crippen LogP) is 4.21. The molecule has 2 aromatic rings. The average molecular weight is 318 g/mol. The van der Waals surface area contributed by atoms with Crippen LogP contribution in [0.15, 0.2) is 42.5 Å². The molecule has 0 fully saturated rings. The molecule has 0 radical (unpaired) electrons. The van der Waals surface area contributed by atoms with Gasteiger partial charge in [-0.2, -0.15) is 0 Å². The quantitative estimate of drug-likeness (QED) is 0.897. The fraction of sp³-hybridized carbons (Fsp3) is 0.278. The summed E-state index contributed by atoms with van der Waals surface area (Å²) in [6, 6.07) is 13.2. The third-order valence-electron chi connectivity index (χ3n) is 3.48. The molecule has 1 amide bonds. The maximum absolute atomic E-state index is 12.0. The Labute approximate surface area is 136 Å². The van der Waals surface area contributed by atoms with Crippen molar-refractivity contribution in [2.45, 2.75) is 26.8 Å². The Bertz CT molecular complexity index is 650. The van der Waals surface area contributed by atoms with E-state index in [2.05, 4.69) is 5.32 Å². The monoisotopic (exact) mass is 317 g/mol. The Morgan fingerprint density at radius 2 is 1.82 bits per heavy atom. The zero-order chi connectivity index (χ0) is 16.1. The Morgan fingerprint density at radius 3 is 2.45 bits per heavy atom. The van der Waals surface area contributed by atoms with Crippen LogP contribution in [0.4, 0.5) is 0 Å². The highest BCUT2D eigenvalue weighted by Crippen LogP contribution is 2.22. The molecular formula is C18H20ClNO2. The fourth-order valence-corrected chi connectivity index (χ4v) is 2.51. The van der Waals surface area contributed by atoms with E-state index in [1.54, 1.807) is 0 Å². The van der Waals surface area contributed by atoms with E-state index in [0.717, 1.165) is 22.4 Å². The normalized spacial score (nSPS) is 11.8. The SMILES string of the molecule is Cc1cccc(C)c1OCC(=O)N[C@H](C)c1cccc(Cl)c1. The summed E-state index contributed by atoms with van der Waals surface area (Å²) in [6.07, 6.45) is 0. The van der Waals surface area contributed by atoms with Gasteiger partial charge in [-0.1, -0.05) is 41.9 Å². The van der Waals surface area contributed by atoms with Crippen LogP contribution >= 0.6 is 11.6 Å². The molecule has 0 aromatic heterocycles. The molecule has 0 heterocycles. The number of hydrogen-bond donors (Lipinski definition) is 1. The number of carbonyl (C=O) groups is 1. The van der Waals surface area contributed by atoms with Gasteiger partial charge in [0.2, 0.25) is 0 Å². The van der Waals surface area contributed by atoms with E-state index < -0.39 is 0 Å². The van der Waals surface area contributed by atoms with Crippen LogP contribution < -0.4 is 10.1 Å². The van der Waals surface area contributed by atoms with Crippen LogP contribution in [-0.2, 0) is 4.79 Å². The van der Waals surface area contributed by atoms with Crippen LogP contribution in [0.5, 0.6) is 5.75 Å². The fourth-order valence-electron chi connectivity index (χ4n) is 2.31. The molecule has 0 aliphatic rings. The summed E-state index contributed by atoms with van der Waals surface area (Å²) in [6.45, 7) is 5.85. The van der Waals surface area contributed by atoms with Crippen LogP contribution in [-0.4, -0.2) is 12.5 Å². The highest BCUT2D eigenvalue weighted by atomic mass is 35.5. The average Bonchev–Trinajstić information content (AvgIpc) is 2.46. The molecule has 116 valence electrons. The minimum Gasteiger partial charge on any atom is -0.483 e. The summed E-state index contributed by atoms with van der Waals surface area (Å²) in [5, 5.41) is 3.57. The van der Waals surface area contributed by atoms with Gasteiger partial charge in [0.25, 0.3) is 5.91 Å². The molecule has 2 rings (SSSR count). The standard InChI is InChI=1S/C18H20ClNO2/c1-12-6-4-7-13(2)18(12)22-11-17(21)20-14(3)15-8-5-9-16(19)10-15/h4-10,14H,11H2,1-3H3,(H,20,21)/t14-/m1/s1. The van der Waals surface area contributed by atoms with E-state index in [0.29, 0.717) is 5.02 Å². The Morgan fingerprint density at radius 1 is 1.18 bits per heavy atom. The van der Waals surface area contributed by atoms with Gasteiger partial charge in [-0.15, -0.1) is 0 Å². The first-order valence-electron chi connectivity index (χ1n) is 7.21. The van der Waals surface area contributed by atoms with E-state index in [1.807, 2.05) is 63.2 Å². The first kappa shape index (κ1) is 16.4. The van der Waals surface area contributed by atoms with Gasteiger partial charge in [-0.05, 0) is 49.6 Å². The van der Waals surface area contributed by atoms with Crippen LogP contribution in [0.25, 0.3) is 0 Å². The number of halogens is 1. The highest BCUT2D eigenvalue weighted by molar-refractivity contribution is 6.30. The van der Waals surface area contributed by atoms with Crippen LogP contribution in [0.3, 0.4) is 0 Å². The molecule has 22 heavy (non-hydrogen) atoms. The van der Waals surface area contributed by atoms with Crippen molar-refractivity contribution in [1.29, 1.82) is 0 Å². The van der Waals surface area contributed by atoms with Gasteiger partial charge >= 0.3 is 0 Å². The summed E-state index contributed by atoms with van der Waals surface area (Å²) in [5.41, 5.74) is 3.01. The van der Waals surface area contributed by atoms with Crippen molar-refractivity contribution >= 4 is 17.5 Å². The number of amides is 1. The van der Waals surface area contributed by atoms with Crippen molar-refractivity contribution in [3.05, 3.63) is 64.2 Å². The van der Waals surface area contributed by atoms with E-state index in [9.17, 15) is 4.79 Å². The minimum atomic E-state index is -0.157. The van der Waals surface area contributed by atoms with Crippen molar-refractivity contribution in [3.63, 3.8) is 0 Å². The van der Waals surface area contributed by atoms with E-state index in [4.69, 9.17) is 16.3 Å². The molecule has 1 N–H and O–H groups in total. The summed E-state index contributed by atoms with van der Waals surface area (Å²) in [4.78, 5) is 12.0. The molecule has 0 aliphatic heterocycles. The first-order valence-corrected chi connectivity index (χ1v) is 7.59. The molecule has 4 heteroatoms. The number of ether oxygens (including phenoxy) is 1. The van der Waals surface area contributed by atoms with Crippen molar-refractivity contribution in [1.82, 2.24) is 5.32 Å². The van der Waals surface area contributed by atoms with Gasteiger partial charge < -0.3 is 10.1 Å². The van der Waals surface area contributed by atoms with Crippen LogP contribution in [0, 0.1) is 13.8 Å². The number of nitrogens with one attached hydrogen (secondary N) is 1. The lowest BCUT2D eigenvalue weighted by Crippen LogP contribution is -2.31. The highest BCUT2D eigenvalue weighted by Gasteiger charge is 2.11. The second-order valence-corrected chi connectivity index (χ2v) is 5.79. The molecule has 0 bridgehead atoms. The van der Waals surface area contributed by atoms with E-state index >= 15 is 0 Å². The number of carbonyl (C=O) groups excluding carboxylic acids is 1. The molecule has 0 unspecified atom stereocenters. The second-order valence-electron chi connectivity index (χ2n) is 5.35. The minimum absolute atomic E-state index is 0.00337. The predicted molar refractivity (Wildman–Crippen MR) is 89.4 cm³/mol. The lowest BCUT2D eigenvalue weighted by Gasteiger charge is -2.16. The summed E-state index contributed by atoms with van der Waals surface area (Å²) < 4.78 is 5.65. The zero-order valence-electron chi connectivity index (χ0n) is 13.0. The van der Waals surface area contributed by atoms with E-state index in [1.165, 1.54) is 0 Å². The third kappa shape index (κ3) is 4.25. The van der Waals surface area contributed by atoms with Crippen molar-refractivity contribution < 1.29 is 9.53 Å². The molecular weight excluding hydrogens is 298 g/mol. The first-order chi connectivity index (χ1) is 10.5. The number of benzene rings is 2. The van der Waals surface area contributed by atoms with Gasteiger partial charge in [0.1, 0.15) is 5.75 Å². The van der Waals surface area contributed by atoms with Crippen molar-refractivity contribution in [2.75, 3.05) is 6.61 Å². The number of hydrogen-bond acceptors (Lipinski definition) is 2. The molecule has 0 spiro atoms. The van der Waals surface area contributed by atoms with Crippen LogP contribution in [0.1, 0.15) is 29.7 Å². The summed E-state index contributed by atoms with van der Waals surface area (Å²) in [7, 11) is 0. The van der Waals surface area contributed by atoms with Crippen LogP contribution in [0.2, 0.25) is 5.02 Å². The van der Waals surface area contributed by atoms with Gasteiger partial charge in [0.15, 0.2) is 6.61 Å². The summed E-state index contributed by atoms with van der Waals surface area (Å²) >= 11 is 5.96. The van der Waals surface area contributed by atoms with Gasteiger partial charge in [-0.3, -0.25) is 4.79 Å². The molecule has 1 atom stereocenters. The van der Waals surface area contributed by atoms with Crippen molar-refractivity contribution in [3.8, 4) is 5.75 Å². The smallest absolute Gasteiger partial charge is 0.258 e. The molecule has 3 nitrogen and oxygen atoms in total. The molecule has 0 aliphatic carbocycles. The van der Waals surface area contributed by atoms with Gasteiger partial charge in [0.05, 0.1) is 6.04 Å². The molecule has 0 saturated carbocycles. The number of aryl methyl sites for hydroxylation is 2. The lowest BCUT2D eigenvalue weighted by molar-refractivity contribution is -0.123. The second kappa shape index (κ2) is 7.32. The van der Waals surface area contributed by atoms with Gasteiger partial charge in [-0.25, -0.2) is 0 Å². The van der Waals surface area contributed by atoms with Gasteiger partial charge in [0, 0.05) is 5.02 Å². The molecule has 2 aromatic carbocycles. The number of rotatable bonds is 5. The Balaban J connectivity index is 1.93. The maximum atomic E-state index is 12.0. The Hall–Kier alpha value is -2.00. The maximum Gasteiger partial charge on any atom is 0.258 e. The number of para-hydroxylation sites is 1. The topological polar surface area (TPSA) is 38.3 Å². The largest absolute Gasteiger partial charge is 0.483 e.